The van der Waals surface area contributed by atoms with E-state index in [-0.39, 0.29) is 12.3 Å². The van der Waals surface area contributed by atoms with Crippen LogP contribution in [0.5, 0.6) is 5.75 Å². The molecule has 0 unspecified atom stereocenters. The van der Waals surface area contributed by atoms with Crippen LogP contribution in [0.2, 0.25) is 0 Å². The van der Waals surface area contributed by atoms with E-state index >= 15 is 0 Å². The number of aromatic hydroxyl groups is 1. The summed E-state index contributed by atoms with van der Waals surface area (Å²) in [7, 11) is 0. The van der Waals surface area contributed by atoms with Crippen molar-refractivity contribution in [2.45, 2.75) is 6.54 Å². The Balaban J connectivity index is 3.06. The second-order valence-electron chi connectivity index (χ2n) is 1.91. The summed E-state index contributed by atoms with van der Waals surface area (Å²) in [6.45, 7) is 0.186. The number of phenols is 1. The monoisotopic (exact) mass is 140 g/mol. The summed E-state index contributed by atoms with van der Waals surface area (Å²) < 4.78 is 12.4. The topological polar surface area (TPSA) is 46.2 Å². The van der Waals surface area contributed by atoms with Crippen molar-refractivity contribution in [2.75, 3.05) is 0 Å². The third-order valence-electron chi connectivity index (χ3n) is 1.10. The Morgan fingerprint density at radius 2 is 2.30 bits per heavy atom. The number of benzene rings is 1. The van der Waals surface area contributed by atoms with Crippen LogP contribution in [0.15, 0.2) is 12.1 Å². The third kappa shape index (κ3) is 1.45. The Bertz CT molecular complexity index is 217. The smallest absolute Gasteiger partial charge is 0.127 e. The molecule has 0 atom stereocenters. The molecule has 1 rings (SSSR count). The van der Waals surface area contributed by atoms with Gasteiger partial charge in [0.15, 0.2) is 0 Å². The van der Waals surface area contributed by atoms with Crippen LogP contribution in [0.1, 0.15) is 5.56 Å². The lowest BCUT2D eigenvalue weighted by atomic mass is 10.2. The number of phenolic OH excluding ortho intramolecular Hbond substituents is 1. The van der Waals surface area contributed by atoms with Gasteiger partial charge >= 0.3 is 0 Å². The van der Waals surface area contributed by atoms with E-state index < -0.39 is 5.82 Å². The number of halogens is 1. The van der Waals surface area contributed by atoms with Crippen LogP contribution >= 0.6 is 0 Å². The number of nitrogens with two attached hydrogens (primary N) is 1. The summed E-state index contributed by atoms with van der Waals surface area (Å²) in [4.78, 5) is 0. The molecule has 0 bridgehead atoms. The molecule has 0 aliphatic rings. The minimum Gasteiger partial charge on any atom is -0.507 e. The van der Waals surface area contributed by atoms with Gasteiger partial charge in [-0.25, -0.2) is 4.39 Å². The molecule has 3 N–H and O–H groups in total. The van der Waals surface area contributed by atoms with Gasteiger partial charge in [0.25, 0.3) is 0 Å². The summed E-state index contributed by atoms with van der Waals surface area (Å²) in [5.41, 5.74) is 5.65. The van der Waals surface area contributed by atoms with E-state index in [2.05, 4.69) is 6.07 Å². The average Bonchev–Trinajstić information content (AvgIpc) is 1.85. The van der Waals surface area contributed by atoms with Crippen molar-refractivity contribution >= 4 is 0 Å². The van der Waals surface area contributed by atoms with Crippen LogP contribution in [0.4, 0.5) is 4.39 Å². The Morgan fingerprint density at radius 3 is 2.80 bits per heavy atom. The summed E-state index contributed by atoms with van der Waals surface area (Å²) in [5, 5.41) is 8.77. The molecule has 0 fully saturated rings. The maximum atomic E-state index is 12.4. The second-order valence-corrected chi connectivity index (χ2v) is 1.91. The molecular weight excluding hydrogens is 133 g/mol. The Morgan fingerprint density at radius 1 is 1.60 bits per heavy atom. The van der Waals surface area contributed by atoms with Gasteiger partial charge in [-0.3, -0.25) is 0 Å². The van der Waals surface area contributed by atoms with Gasteiger partial charge in [0, 0.05) is 18.7 Å². The van der Waals surface area contributed by atoms with Gasteiger partial charge in [-0.1, -0.05) is 0 Å². The van der Waals surface area contributed by atoms with Gasteiger partial charge in [0.1, 0.15) is 11.6 Å². The molecule has 1 radical (unpaired) electrons. The van der Waals surface area contributed by atoms with Crippen molar-refractivity contribution in [1.29, 1.82) is 0 Å². The van der Waals surface area contributed by atoms with E-state index in [9.17, 15) is 4.39 Å². The predicted octanol–water partition coefficient (Wildman–Crippen LogP) is 0.790. The first-order valence-corrected chi connectivity index (χ1v) is 2.83. The van der Waals surface area contributed by atoms with E-state index in [1.54, 1.807) is 0 Å². The molecular formula is C7H7FNO. The van der Waals surface area contributed by atoms with E-state index in [0.29, 0.717) is 5.56 Å². The summed E-state index contributed by atoms with van der Waals surface area (Å²) in [6, 6.07) is 4.71. The molecule has 0 amide bonds. The number of rotatable bonds is 1. The molecule has 53 valence electrons. The Kier molecular flexibility index (Phi) is 1.87. The van der Waals surface area contributed by atoms with Crippen molar-refractivity contribution in [3.8, 4) is 5.75 Å². The molecule has 3 heteroatoms. The van der Waals surface area contributed by atoms with Crippen molar-refractivity contribution in [1.82, 2.24) is 0 Å². The summed E-state index contributed by atoms with van der Waals surface area (Å²) >= 11 is 0. The first-order chi connectivity index (χ1) is 4.72. The summed E-state index contributed by atoms with van der Waals surface area (Å²) in [5.74, 6) is -0.697. The van der Waals surface area contributed by atoms with Crippen molar-refractivity contribution in [2.24, 2.45) is 5.73 Å². The van der Waals surface area contributed by atoms with E-state index in [0.717, 1.165) is 6.07 Å². The summed E-state index contributed by atoms with van der Waals surface area (Å²) in [6.07, 6.45) is 0. The second kappa shape index (κ2) is 2.66. The molecule has 0 aromatic heterocycles. The average molecular weight is 140 g/mol. The fourth-order valence-electron chi connectivity index (χ4n) is 0.685. The van der Waals surface area contributed by atoms with Gasteiger partial charge in [-0.2, -0.15) is 0 Å². The van der Waals surface area contributed by atoms with E-state index in [1.165, 1.54) is 6.07 Å². The van der Waals surface area contributed by atoms with Crippen LogP contribution in [-0.2, 0) is 6.54 Å². The highest BCUT2D eigenvalue weighted by atomic mass is 19.1. The van der Waals surface area contributed by atoms with Gasteiger partial charge in [-0.05, 0) is 11.6 Å². The third-order valence-corrected chi connectivity index (χ3v) is 1.10. The lowest BCUT2D eigenvalue weighted by Gasteiger charge is -1.96. The molecule has 0 aliphatic heterocycles. The quantitative estimate of drug-likeness (QED) is 0.605. The minimum absolute atomic E-state index is 0.186. The zero-order valence-electron chi connectivity index (χ0n) is 5.26. The maximum absolute atomic E-state index is 12.4. The predicted molar refractivity (Wildman–Crippen MR) is 34.8 cm³/mol. The van der Waals surface area contributed by atoms with Gasteiger partial charge in [0.05, 0.1) is 0 Å². The molecule has 1 aromatic carbocycles. The highest BCUT2D eigenvalue weighted by molar-refractivity contribution is 5.26. The Hall–Kier alpha value is -1.09. The molecule has 10 heavy (non-hydrogen) atoms. The molecule has 2 nitrogen and oxygen atoms in total. The largest absolute Gasteiger partial charge is 0.507 e. The minimum atomic E-state index is -0.489. The highest BCUT2D eigenvalue weighted by Gasteiger charge is 1.96. The Labute approximate surface area is 58.1 Å². The molecule has 1 aromatic rings. The van der Waals surface area contributed by atoms with Crippen LogP contribution in [0.3, 0.4) is 0 Å². The number of hydrogen-bond acceptors (Lipinski definition) is 2. The van der Waals surface area contributed by atoms with Crippen LogP contribution < -0.4 is 5.73 Å². The zero-order chi connectivity index (χ0) is 7.56. The number of hydrogen-bond donors (Lipinski definition) is 2. The SMILES string of the molecule is NCc1[c]c(O)cc(F)c1. The van der Waals surface area contributed by atoms with E-state index in [4.69, 9.17) is 10.8 Å². The molecule has 0 aliphatic carbocycles. The maximum Gasteiger partial charge on any atom is 0.127 e. The lowest BCUT2D eigenvalue weighted by Crippen LogP contribution is -1.96. The van der Waals surface area contributed by atoms with E-state index in [1.807, 2.05) is 0 Å². The molecule has 0 saturated heterocycles. The highest BCUT2D eigenvalue weighted by Crippen LogP contribution is 2.12. The van der Waals surface area contributed by atoms with Crippen molar-refractivity contribution in [3.63, 3.8) is 0 Å². The van der Waals surface area contributed by atoms with Crippen molar-refractivity contribution < 1.29 is 9.50 Å². The zero-order valence-corrected chi connectivity index (χ0v) is 5.26. The van der Waals surface area contributed by atoms with Crippen molar-refractivity contribution in [3.05, 3.63) is 29.6 Å². The van der Waals surface area contributed by atoms with Crippen LogP contribution in [0.25, 0.3) is 0 Å². The van der Waals surface area contributed by atoms with Crippen LogP contribution in [-0.4, -0.2) is 5.11 Å². The normalized spacial score (nSPS) is 9.80. The van der Waals surface area contributed by atoms with Gasteiger partial charge in [-0.15, -0.1) is 0 Å². The lowest BCUT2D eigenvalue weighted by molar-refractivity contribution is 0.467. The first-order valence-electron chi connectivity index (χ1n) is 2.83. The fourth-order valence-corrected chi connectivity index (χ4v) is 0.685. The first kappa shape index (κ1) is 7.02. The molecule has 0 heterocycles. The molecule has 0 spiro atoms. The standard InChI is InChI=1S/C7H7FNO/c8-6-1-5(4-9)2-7(10)3-6/h1,3,10H,4,9H2. The molecule has 0 saturated carbocycles. The van der Waals surface area contributed by atoms with Crippen LogP contribution in [0, 0.1) is 11.9 Å². The fraction of sp³-hybridized carbons (Fsp3) is 0.143. The van der Waals surface area contributed by atoms with Gasteiger partial charge < -0.3 is 10.8 Å². The van der Waals surface area contributed by atoms with Gasteiger partial charge in [0.2, 0.25) is 0 Å².